The molecule has 0 radical (unpaired) electrons. The molecule has 5 heteroatoms. The smallest absolute Gasteiger partial charge is 0.150 e. The maximum absolute atomic E-state index is 11.5. The molecule has 0 bridgehead atoms. The maximum atomic E-state index is 11.5. The van der Waals surface area contributed by atoms with Crippen molar-refractivity contribution in [1.82, 2.24) is 10.2 Å². The Morgan fingerprint density at radius 3 is 2.61 bits per heavy atom. The van der Waals surface area contributed by atoms with Gasteiger partial charge in [0.15, 0.2) is 0 Å². The molecule has 1 N–H and O–H groups in total. The van der Waals surface area contributed by atoms with Gasteiger partial charge in [-0.3, -0.25) is 4.90 Å². The molecule has 2 saturated heterocycles. The van der Waals surface area contributed by atoms with Crippen LogP contribution in [0.15, 0.2) is 0 Å². The second-order valence-electron chi connectivity index (χ2n) is 5.82. The van der Waals surface area contributed by atoms with Gasteiger partial charge in [0.1, 0.15) is 9.84 Å². The van der Waals surface area contributed by atoms with Crippen LogP contribution < -0.4 is 5.32 Å². The van der Waals surface area contributed by atoms with E-state index in [4.69, 9.17) is 0 Å². The highest BCUT2D eigenvalue weighted by molar-refractivity contribution is 7.91. The third kappa shape index (κ3) is 3.45. The first-order valence-corrected chi connectivity index (χ1v) is 9.02. The zero-order valence-electron chi connectivity index (χ0n) is 11.6. The first-order valence-electron chi connectivity index (χ1n) is 7.19. The van der Waals surface area contributed by atoms with E-state index in [1.807, 2.05) is 0 Å². The summed E-state index contributed by atoms with van der Waals surface area (Å²) in [6.45, 7) is 7.72. The molecule has 0 aliphatic carbocycles. The summed E-state index contributed by atoms with van der Waals surface area (Å²) in [5.41, 5.74) is 0. The van der Waals surface area contributed by atoms with E-state index in [0.29, 0.717) is 29.5 Å². The lowest BCUT2D eigenvalue weighted by atomic mass is 9.96. The lowest BCUT2D eigenvalue weighted by Gasteiger charge is -2.42. The predicted molar refractivity (Wildman–Crippen MR) is 74.5 cm³/mol. The molecule has 2 rings (SSSR count). The van der Waals surface area contributed by atoms with Crippen molar-refractivity contribution in [1.29, 1.82) is 0 Å². The molecule has 2 heterocycles. The SMILES string of the molecule is CCC(C)C1CN(C2CCS(=O)(=O)CC2)CCN1. The Hall–Kier alpha value is -0.130. The van der Waals surface area contributed by atoms with Crippen LogP contribution in [0, 0.1) is 5.92 Å². The van der Waals surface area contributed by atoms with E-state index in [9.17, 15) is 8.42 Å². The number of piperazine rings is 1. The summed E-state index contributed by atoms with van der Waals surface area (Å²) < 4.78 is 22.9. The number of rotatable bonds is 3. The maximum Gasteiger partial charge on any atom is 0.150 e. The average molecular weight is 274 g/mol. The topological polar surface area (TPSA) is 49.4 Å². The van der Waals surface area contributed by atoms with Gasteiger partial charge in [-0.2, -0.15) is 0 Å². The van der Waals surface area contributed by atoms with Gasteiger partial charge in [0.2, 0.25) is 0 Å². The third-order valence-corrected chi connectivity index (χ3v) is 6.32. The second kappa shape index (κ2) is 5.88. The number of hydrogen-bond acceptors (Lipinski definition) is 4. The molecule has 2 atom stereocenters. The largest absolute Gasteiger partial charge is 0.311 e. The summed E-state index contributed by atoms with van der Waals surface area (Å²) in [5, 5.41) is 3.60. The van der Waals surface area contributed by atoms with Crippen molar-refractivity contribution >= 4 is 9.84 Å². The van der Waals surface area contributed by atoms with Gasteiger partial charge in [-0.15, -0.1) is 0 Å². The average Bonchev–Trinajstić information content (AvgIpc) is 2.38. The van der Waals surface area contributed by atoms with E-state index in [1.54, 1.807) is 0 Å². The van der Waals surface area contributed by atoms with E-state index < -0.39 is 9.84 Å². The second-order valence-corrected chi connectivity index (χ2v) is 8.13. The fourth-order valence-electron chi connectivity index (χ4n) is 3.04. The minimum absolute atomic E-state index is 0.385. The molecule has 2 aliphatic rings. The molecule has 2 fully saturated rings. The normalized spacial score (nSPS) is 32.2. The minimum Gasteiger partial charge on any atom is -0.311 e. The highest BCUT2D eigenvalue weighted by atomic mass is 32.2. The van der Waals surface area contributed by atoms with Crippen LogP contribution in [0.25, 0.3) is 0 Å². The quantitative estimate of drug-likeness (QED) is 0.830. The Kier molecular flexibility index (Phi) is 4.67. The van der Waals surface area contributed by atoms with Gasteiger partial charge in [0.25, 0.3) is 0 Å². The summed E-state index contributed by atoms with van der Waals surface area (Å²) in [5.74, 6) is 1.46. The Morgan fingerprint density at radius 2 is 2.00 bits per heavy atom. The standard InChI is InChI=1S/C13H26N2O2S/c1-3-11(2)13-10-15(7-6-14-13)12-4-8-18(16,17)9-5-12/h11-14H,3-10H2,1-2H3. The van der Waals surface area contributed by atoms with Crippen molar-refractivity contribution in [2.45, 2.75) is 45.2 Å². The zero-order valence-corrected chi connectivity index (χ0v) is 12.4. The molecule has 0 aromatic rings. The fourth-order valence-corrected chi connectivity index (χ4v) is 4.51. The zero-order chi connectivity index (χ0) is 13.2. The van der Waals surface area contributed by atoms with Gasteiger partial charge < -0.3 is 5.32 Å². The number of hydrogen-bond donors (Lipinski definition) is 1. The van der Waals surface area contributed by atoms with Gasteiger partial charge in [-0.25, -0.2) is 8.42 Å². The number of nitrogens with one attached hydrogen (secondary N) is 1. The van der Waals surface area contributed by atoms with Crippen LogP contribution in [0.5, 0.6) is 0 Å². The van der Waals surface area contributed by atoms with Crippen molar-refractivity contribution < 1.29 is 8.42 Å². The molecule has 18 heavy (non-hydrogen) atoms. The predicted octanol–water partition coefficient (Wildman–Crippen LogP) is 0.884. The summed E-state index contributed by atoms with van der Waals surface area (Å²) in [6, 6.07) is 1.06. The molecule has 106 valence electrons. The molecule has 0 aromatic carbocycles. The van der Waals surface area contributed by atoms with E-state index in [0.717, 1.165) is 32.5 Å². The first kappa shape index (κ1) is 14.3. The fraction of sp³-hybridized carbons (Fsp3) is 1.00. The molecule has 0 aromatic heterocycles. The Morgan fingerprint density at radius 1 is 1.33 bits per heavy atom. The summed E-state index contributed by atoms with van der Waals surface area (Å²) in [7, 11) is -2.73. The van der Waals surface area contributed by atoms with Crippen LogP contribution in [0.3, 0.4) is 0 Å². The Labute approximate surface area is 111 Å². The number of sulfone groups is 1. The van der Waals surface area contributed by atoms with Crippen LogP contribution in [-0.2, 0) is 9.84 Å². The lowest BCUT2D eigenvalue weighted by molar-refractivity contribution is 0.115. The highest BCUT2D eigenvalue weighted by Crippen LogP contribution is 2.21. The Bertz CT molecular complexity index is 355. The van der Waals surface area contributed by atoms with Crippen LogP contribution >= 0.6 is 0 Å². The molecule has 2 aliphatic heterocycles. The first-order chi connectivity index (χ1) is 8.52. The van der Waals surface area contributed by atoms with Crippen molar-refractivity contribution in [2.24, 2.45) is 5.92 Å². The van der Waals surface area contributed by atoms with Crippen LogP contribution in [-0.4, -0.2) is 56.5 Å². The van der Waals surface area contributed by atoms with E-state index >= 15 is 0 Å². The molecular formula is C13H26N2O2S. The van der Waals surface area contributed by atoms with Crippen LogP contribution in [0.2, 0.25) is 0 Å². The van der Waals surface area contributed by atoms with Crippen molar-refractivity contribution in [3.63, 3.8) is 0 Å². The molecule has 0 saturated carbocycles. The molecule has 0 amide bonds. The van der Waals surface area contributed by atoms with E-state index in [-0.39, 0.29) is 0 Å². The van der Waals surface area contributed by atoms with Crippen molar-refractivity contribution in [3.8, 4) is 0 Å². The van der Waals surface area contributed by atoms with Crippen LogP contribution in [0.1, 0.15) is 33.1 Å². The molecule has 0 spiro atoms. The highest BCUT2D eigenvalue weighted by Gasteiger charge is 2.31. The lowest BCUT2D eigenvalue weighted by Crippen LogP contribution is -2.57. The number of nitrogens with zero attached hydrogens (tertiary/aromatic N) is 1. The summed E-state index contributed by atoms with van der Waals surface area (Å²) >= 11 is 0. The Balaban J connectivity index is 1.89. The van der Waals surface area contributed by atoms with Gasteiger partial charge in [-0.1, -0.05) is 20.3 Å². The summed E-state index contributed by atoms with van der Waals surface area (Å²) in [6.07, 6.45) is 2.86. The van der Waals surface area contributed by atoms with Gasteiger partial charge in [0, 0.05) is 31.7 Å². The van der Waals surface area contributed by atoms with E-state index in [2.05, 4.69) is 24.1 Å². The van der Waals surface area contributed by atoms with E-state index in [1.165, 1.54) is 6.42 Å². The van der Waals surface area contributed by atoms with Crippen LogP contribution in [0.4, 0.5) is 0 Å². The molecular weight excluding hydrogens is 248 g/mol. The van der Waals surface area contributed by atoms with Crippen molar-refractivity contribution in [3.05, 3.63) is 0 Å². The van der Waals surface area contributed by atoms with Crippen molar-refractivity contribution in [2.75, 3.05) is 31.1 Å². The third-order valence-electron chi connectivity index (χ3n) is 4.61. The molecule has 4 nitrogen and oxygen atoms in total. The minimum atomic E-state index is -2.73. The monoisotopic (exact) mass is 274 g/mol. The molecule has 2 unspecified atom stereocenters. The van der Waals surface area contributed by atoms with Gasteiger partial charge in [0.05, 0.1) is 11.5 Å². The van der Waals surface area contributed by atoms with Gasteiger partial charge in [-0.05, 0) is 18.8 Å². The summed E-state index contributed by atoms with van der Waals surface area (Å²) in [4.78, 5) is 2.52. The van der Waals surface area contributed by atoms with Gasteiger partial charge >= 0.3 is 0 Å².